The molecule has 0 N–H and O–H groups in total. The number of piperidine rings is 1. The highest BCUT2D eigenvalue weighted by Gasteiger charge is 2.18. The van der Waals surface area contributed by atoms with E-state index in [2.05, 4.69) is 34.1 Å². The minimum absolute atomic E-state index is 0.0729. The number of carbonyl (C=O) groups is 1. The van der Waals surface area contributed by atoms with Gasteiger partial charge in [0.1, 0.15) is 11.3 Å². The van der Waals surface area contributed by atoms with E-state index in [0.717, 1.165) is 63.6 Å². The smallest absolute Gasteiger partial charge is 0.246 e. The molecular weight excluding hydrogens is 430 g/mol. The molecule has 1 saturated heterocycles. The van der Waals surface area contributed by atoms with Crippen LogP contribution in [0.3, 0.4) is 0 Å². The lowest BCUT2D eigenvalue weighted by molar-refractivity contribution is -0.126. The molecule has 2 aromatic carbocycles. The van der Waals surface area contributed by atoms with Gasteiger partial charge in [0.15, 0.2) is 0 Å². The number of nitrogens with zero attached hydrogens (tertiary/aromatic N) is 1. The van der Waals surface area contributed by atoms with Gasteiger partial charge < -0.3 is 14.1 Å². The van der Waals surface area contributed by atoms with E-state index in [9.17, 15) is 4.79 Å². The molecule has 1 amide bonds. The fourth-order valence-electron chi connectivity index (χ4n) is 3.88. The second-order valence-electron chi connectivity index (χ2n) is 7.42. The fourth-order valence-corrected chi connectivity index (χ4v) is 4.28. The Morgan fingerprint density at radius 1 is 1.17 bits per heavy atom. The van der Waals surface area contributed by atoms with E-state index < -0.39 is 0 Å². The SMILES string of the molecule is COc1cc2occ(-c3cccc(Br)c3)c2cc1/C(C)=C/C(=O)N1CCCCC1. The maximum Gasteiger partial charge on any atom is 0.246 e. The van der Waals surface area contributed by atoms with Crippen LogP contribution in [0.4, 0.5) is 0 Å². The molecule has 2 heterocycles. The van der Waals surface area contributed by atoms with Gasteiger partial charge in [0, 0.05) is 46.2 Å². The molecule has 3 aromatic rings. The molecule has 4 nitrogen and oxygen atoms in total. The zero-order valence-corrected chi connectivity index (χ0v) is 18.3. The Hall–Kier alpha value is -2.53. The Labute approximate surface area is 179 Å². The molecule has 5 heteroatoms. The van der Waals surface area contributed by atoms with E-state index in [4.69, 9.17) is 9.15 Å². The molecule has 0 bridgehead atoms. The van der Waals surface area contributed by atoms with E-state index in [-0.39, 0.29) is 5.91 Å². The Balaban J connectivity index is 1.75. The van der Waals surface area contributed by atoms with Gasteiger partial charge in [-0.3, -0.25) is 4.79 Å². The van der Waals surface area contributed by atoms with Gasteiger partial charge in [0.05, 0.1) is 13.4 Å². The van der Waals surface area contributed by atoms with Crippen molar-refractivity contribution in [2.75, 3.05) is 20.2 Å². The van der Waals surface area contributed by atoms with Crippen LogP contribution in [0.5, 0.6) is 5.75 Å². The first-order chi connectivity index (χ1) is 14.1. The minimum Gasteiger partial charge on any atom is -0.496 e. The van der Waals surface area contributed by atoms with Gasteiger partial charge in [0.25, 0.3) is 0 Å². The molecule has 0 atom stereocenters. The van der Waals surface area contributed by atoms with Crippen LogP contribution in [0.15, 0.2) is 57.6 Å². The molecular formula is C24H24BrNO3. The van der Waals surface area contributed by atoms with Crippen molar-refractivity contribution in [3.05, 3.63) is 58.8 Å². The van der Waals surface area contributed by atoms with Crippen molar-refractivity contribution in [2.24, 2.45) is 0 Å². The standard InChI is InChI=1S/C24H24BrNO3/c1-16(11-24(27)26-9-4-3-5-10-26)19-13-20-21(17-7-6-8-18(25)12-17)15-29-23(20)14-22(19)28-2/h6-8,11-15H,3-5,9-10H2,1-2H3/b16-11+. The molecule has 0 spiro atoms. The van der Waals surface area contributed by atoms with Crippen molar-refractivity contribution in [3.8, 4) is 16.9 Å². The number of methoxy groups -OCH3 is 1. The molecule has 0 unspecified atom stereocenters. The van der Waals surface area contributed by atoms with Crippen molar-refractivity contribution >= 4 is 38.4 Å². The lowest BCUT2D eigenvalue weighted by atomic mass is 9.99. The number of likely N-dealkylation sites (tertiary alicyclic amines) is 1. The molecule has 1 aliphatic heterocycles. The van der Waals surface area contributed by atoms with Crippen LogP contribution in [0, 0.1) is 0 Å². The van der Waals surface area contributed by atoms with Crippen LogP contribution >= 0.6 is 15.9 Å². The monoisotopic (exact) mass is 453 g/mol. The minimum atomic E-state index is 0.0729. The largest absolute Gasteiger partial charge is 0.496 e. The second-order valence-corrected chi connectivity index (χ2v) is 8.34. The van der Waals surface area contributed by atoms with E-state index in [1.165, 1.54) is 6.42 Å². The molecule has 1 aliphatic rings. The summed E-state index contributed by atoms with van der Waals surface area (Å²) in [7, 11) is 1.64. The number of furan rings is 1. The molecule has 0 radical (unpaired) electrons. The fraction of sp³-hybridized carbons (Fsp3) is 0.292. The number of benzene rings is 2. The lowest BCUT2D eigenvalue weighted by Gasteiger charge is -2.25. The Morgan fingerprint density at radius 3 is 2.69 bits per heavy atom. The first-order valence-corrected chi connectivity index (χ1v) is 10.7. The van der Waals surface area contributed by atoms with Gasteiger partial charge in [-0.1, -0.05) is 28.1 Å². The van der Waals surface area contributed by atoms with Gasteiger partial charge in [-0.2, -0.15) is 0 Å². The first-order valence-electron chi connectivity index (χ1n) is 9.89. The highest BCUT2D eigenvalue weighted by Crippen LogP contribution is 2.38. The summed E-state index contributed by atoms with van der Waals surface area (Å²) >= 11 is 3.54. The zero-order valence-electron chi connectivity index (χ0n) is 16.7. The Kier molecular flexibility index (Phi) is 5.76. The second kappa shape index (κ2) is 8.46. The zero-order chi connectivity index (χ0) is 20.4. The molecule has 0 aliphatic carbocycles. The number of ether oxygens (including phenoxy) is 1. The lowest BCUT2D eigenvalue weighted by Crippen LogP contribution is -2.34. The average Bonchev–Trinajstić information content (AvgIpc) is 3.16. The first kappa shape index (κ1) is 19.8. The Morgan fingerprint density at radius 2 is 1.97 bits per heavy atom. The molecule has 1 fully saturated rings. The maximum absolute atomic E-state index is 12.7. The predicted molar refractivity (Wildman–Crippen MR) is 120 cm³/mol. The summed E-state index contributed by atoms with van der Waals surface area (Å²) in [6.07, 6.45) is 6.87. The molecule has 4 rings (SSSR count). The summed E-state index contributed by atoms with van der Waals surface area (Å²) in [6, 6.07) is 12.1. The third kappa shape index (κ3) is 4.10. The van der Waals surface area contributed by atoms with Crippen molar-refractivity contribution in [3.63, 3.8) is 0 Å². The van der Waals surface area contributed by atoms with Gasteiger partial charge in [-0.05, 0) is 55.5 Å². The molecule has 0 saturated carbocycles. The number of fused-ring (bicyclic) bond motifs is 1. The summed E-state index contributed by atoms with van der Waals surface area (Å²) in [6.45, 7) is 3.64. The van der Waals surface area contributed by atoms with Crippen molar-refractivity contribution in [2.45, 2.75) is 26.2 Å². The third-order valence-electron chi connectivity index (χ3n) is 5.46. The van der Waals surface area contributed by atoms with Gasteiger partial charge >= 0.3 is 0 Å². The highest BCUT2D eigenvalue weighted by atomic mass is 79.9. The van der Waals surface area contributed by atoms with Crippen LogP contribution < -0.4 is 4.74 Å². The van der Waals surface area contributed by atoms with Crippen LogP contribution in [0.2, 0.25) is 0 Å². The number of hydrogen-bond donors (Lipinski definition) is 0. The van der Waals surface area contributed by atoms with E-state index in [1.54, 1.807) is 19.4 Å². The van der Waals surface area contributed by atoms with Crippen molar-refractivity contribution in [1.82, 2.24) is 4.90 Å². The molecule has 1 aromatic heterocycles. The highest BCUT2D eigenvalue weighted by molar-refractivity contribution is 9.10. The average molecular weight is 454 g/mol. The quantitative estimate of drug-likeness (QED) is 0.436. The summed E-state index contributed by atoms with van der Waals surface area (Å²) < 4.78 is 12.4. The number of hydrogen-bond acceptors (Lipinski definition) is 3. The molecule has 150 valence electrons. The van der Waals surface area contributed by atoms with Crippen LogP contribution in [0.25, 0.3) is 27.7 Å². The van der Waals surface area contributed by atoms with Crippen LogP contribution in [0.1, 0.15) is 31.7 Å². The van der Waals surface area contributed by atoms with Crippen LogP contribution in [-0.2, 0) is 4.79 Å². The number of carbonyl (C=O) groups excluding carboxylic acids is 1. The van der Waals surface area contributed by atoms with Crippen molar-refractivity contribution in [1.29, 1.82) is 0 Å². The van der Waals surface area contributed by atoms with Gasteiger partial charge in [-0.15, -0.1) is 0 Å². The number of amides is 1. The normalized spacial score (nSPS) is 15.0. The summed E-state index contributed by atoms with van der Waals surface area (Å²) in [5.74, 6) is 0.775. The third-order valence-corrected chi connectivity index (χ3v) is 5.96. The van der Waals surface area contributed by atoms with Crippen molar-refractivity contribution < 1.29 is 13.9 Å². The summed E-state index contributed by atoms with van der Waals surface area (Å²) in [5, 5.41) is 0.997. The summed E-state index contributed by atoms with van der Waals surface area (Å²) in [5.41, 5.74) is 4.64. The van der Waals surface area contributed by atoms with E-state index in [0.29, 0.717) is 5.75 Å². The van der Waals surface area contributed by atoms with Gasteiger partial charge in [0.2, 0.25) is 5.91 Å². The van der Waals surface area contributed by atoms with Crippen LogP contribution in [-0.4, -0.2) is 31.0 Å². The van der Waals surface area contributed by atoms with Gasteiger partial charge in [-0.25, -0.2) is 0 Å². The predicted octanol–water partition coefficient (Wildman–Crippen LogP) is 6.29. The number of halogens is 1. The van der Waals surface area contributed by atoms with E-state index in [1.807, 2.05) is 30.0 Å². The summed E-state index contributed by atoms with van der Waals surface area (Å²) in [4.78, 5) is 14.6. The topological polar surface area (TPSA) is 42.7 Å². The number of allylic oxidation sites excluding steroid dienone is 1. The maximum atomic E-state index is 12.7. The van der Waals surface area contributed by atoms with E-state index >= 15 is 0 Å². The Bertz CT molecular complexity index is 1080. The molecule has 29 heavy (non-hydrogen) atoms. The number of rotatable bonds is 4.